The van der Waals surface area contributed by atoms with Gasteiger partial charge in [0.25, 0.3) is 0 Å². The zero-order valence-corrected chi connectivity index (χ0v) is 14.3. The molecule has 0 N–H and O–H groups in total. The highest BCUT2D eigenvalue weighted by Gasteiger charge is 2.18. The lowest BCUT2D eigenvalue weighted by molar-refractivity contribution is 0.486. The average molecular weight is 326 g/mol. The molecule has 1 aliphatic heterocycles. The molecule has 0 fully saturated rings. The van der Waals surface area contributed by atoms with Crippen LogP contribution in [0, 0.1) is 0 Å². The summed E-state index contributed by atoms with van der Waals surface area (Å²) in [6, 6.07) is 7.98. The van der Waals surface area contributed by atoms with E-state index in [9.17, 15) is 4.39 Å². The second-order valence-electron chi connectivity index (χ2n) is 4.90. The van der Waals surface area contributed by atoms with E-state index in [4.69, 9.17) is 11.6 Å². The molecule has 0 saturated carbocycles. The number of rotatable bonds is 2. The van der Waals surface area contributed by atoms with Crippen LogP contribution in [0.2, 0.25) is 4.34 Å². The normalized spacial score (nSPS) is 13.5. The lowest BCUT2D eigenvalue weighted by atomic mass is 9.95. The second kappa shape index (κ2) is 7.28. The monoisotopic (exact) mass is 325 g/mol. The molecule has 0 aliphatic carbocycles. The number of anilines is 1. The molecule has 0 radical (unpaired) electrons. The van der Waals surface area contributed by atoms with E-state index in [1.54, 1.807) is 0 Å². The standard InChI is InChI=1S/C15H15ClFNS.C2H6/c1-18-6-2-3-10-7-12(11(9-17)8-13(10)18)14-4-5-15(16)19-14;1-2/h4-5,7-8H,2-3,6,9H2,1H3;1-2H3. The van der Waals surface area contributed by atoms with Crippen LogP contribution in [-0.2, 0) is 13.1 Å². The maximum Gasteiger partial charge on any atom is 0.115 e. The molecule has 1 aromatic heterocycles. The number of hydrogen-bond donors (Lipinski definition) is 0. The fraction of sp³-hybridized carbons (Fsp3) is 0.412. The third-order valence-corrected chi connectivity index (χ3v) is 4.90. The van der Waals surface area contributed by atoms with Crippen LogP contribution in [-0.4, -0.2) is 13.6 Å². The van der Waals surface area contributed by atoms with Crippen LogP contribution in [0.1, 0.15) is 31.4 Å². The van der Waals surface area contributed by atoms with Crippen LogP contribution < -0.4 is 4.90 Å². The molecular weight excluding hydrogens is 305 g/mol. The van der Waals surface area contributed by atoms with Gasteiger partial charge in [0.1, 0.15) is 6.67 Å². The molecular formula is C17H21ClFNS. The van der Waals surface area contributed by atoms with Gasteiger partial charge in [-0.1, -0.05) is 25.4 Å². The molecule has 114 valence electrons. The molecule has 3 rings (SSSR count). The van der Waals surface area contributed by atoms with Gasteiger partial charge in [0, 0.05) is 24.2 Å². The van der Waals surface area contributed by atoms with Crippen molar-refractivity contribution in [3.63, 3.8) is 0 Å². The van der Waals surface area contributed by atoms with Crippen molar-refractivity contribution in [2.75, 3.05) is 18.5 Å². The second-order valence-corrected chi connectivity index (χ2v) is 6.62. The largest absolute Gasteiger partial charge is 0.374 e. The molecule has 21 heavy (non-hydrogen) atoms. The summed E-state index contributed by atoms with van der Waals surface area (Å²) in [7, 11) is 2.07. The van der Waals surface area contributed by atoms with E-state index >= 15 is 0 Å². The maximum atomic E-state index is 13.3. The van der Waals surface area contributed by atoms with Gasteiger partial charge in [-0.05, 0) is 53.8 Å². The molecule has 0 bridgehead atoms. The van der Waals surface area contributed by atoms with E-state index in [1.807, 2.05) is 32.0 Å². The minimum atomic E-state index is -0.439. The highest BCUT2D eigenvalue weighted by atomic mass is 35.5. The first-order chi connectivity index (χ1) is 10.2. The van der Waals surface area contributed by atoms with Gasteiger partial charge in [-0.15, -0.1) is 11.3 Å². The molecule has 2 aromatic rings. The SMILES string of the molecule is CC.CN1CCCc2cc(-c3ccc(Cl)s3)c(CF)cc21. The third kappa shape index (κ3) is 3.41. The Bertz CT molecular complexity index is 609. The van der Waals surface area contributed by atoms with Gasteiger partial charge in [-0.2, -0.15) is 0 Å². The molecule has 1 aromatic carbocycles. The van der Waals surface area contributed by atoms with Gasteiger partial charge in [0.05, 0.1) is 4.34 Å². The van der Waals surface area contributed by atoms with Crippen LogP contribution in [0.5, 0.6) is 0 Å². The van der Waals surface area contributed by atoms with Crippen molar-refractivity contribution in [3.8, 4) is 10.4 Å². The van der Waals surface area contributed by atoms with Gasteiger partial charge in [-0.25, -0.2) is 4.39 Å². The third-order valence-electron chi connectivity index (χ3n) is 3.64. The first-order valence-electron chi connectivity index (χ1n) is 7.37. The number of alkyl halides is 1. The Labute approximate surface area is 135 Å². The van der Waals surface area contributed by atoms with Crippen LogP contribution in [0.15, 0.2) is 24.3 Å². The molecule has 0 unspecified atom stereocenters. The summed E-state index contributed by atoms with van der Waals surface area (Å²) in [6.07, 6.45) is 2.22. The van der Waals surface area contributed by atoms with E-state index < -0.39 is 6.67 Å². The van der Waals surface area contributed by atoms with Crippen molar-refractivity contribution >= 4 is 28.6 Å². The number of hydrogen-bond acceptors (Lipinski definition) is 2. The molecule has 0 amide bonds. The van der Waals surface area contributed by atoms with Gasteiger partial charge < -0.3 is 4.90 Å². The zero-order chi connectivity index (χ0) is 15.4. The molecule has 4 heteroatoms. The average Bonchev–Trinajstić information content (AvgIpc) is 2.95. The van der Waals surface area contributed by atoms with Gasteiger partial charge in [-0.3, -0.25) is 0 Å². The number of fused-ring (bicyclic) bond motifs is 1. The summed E-state index contributed by atoms with van der Waals surface area (Å²) in [5.41, 5.74) is 4.23. The van der Waals surface area contributed by atoms with Crippen molar-refractivity contribution in [2.24, 2.45) is 0 Å². The fourth-order valence-corrected chi connectivity index (χ4v) is 3.75. The Kier molecular flexibility index (Phi) is 5.65. The summed E-state index contributed by atoms with van der Waals surface area (Å²) in [5.74, 6) is 0. The Morgan fingerprint density at radius 1 is 1.29 bits per heavy atom. The van der Waals surface area contributed by atoms with E-state index in [-0.39, 0.29) is 0 Å². The number of benzene rings is 1. The van der Waals surface area contributed by atoms with Crippen molar-refractivity contribution in [3.05, 3.63) is 39.7 Å². The smallest absolute Gasteiger partial charge is 0.115 e. The molecule has 1 nitrogen and oxygen atoms in total. The van der Waals surface area contributed by atoms with Crippen molar-refractivity contribution in [1.82, 2.24) is 0 Å². The van der Waals surface area contributed by atoms with Crippen LogP contribution in [0.4, 0.5) is 10.1 Å². The summed E-state index contributed by atoms with van der Waals surface area (Å²) < 4.78 is 14.1. The lowest BCUT2D eigenvalue weighted by Crippen LogP contribution is -2.24. The van der Waals surface area contributed by atoms with Gasteiger partial charge in [0.2, 0.25) is 0 Å². The van der Waals surface area contributed by atoms with Crippen LogP contribution in [0.25, 0.3) is 10.4 Å². The highest BCUT2D eigenvalue weighted by Crippen LogP contribution is 2.38. The first kappa shape index (κ1) is 16.3. The van der Waals surface area contributed by atoms with Gasteiger partial charge >= 0.3 is 0 Å². The quantitative estimate of drug-likeness (QED) is 0.659. The van der Waals surface area contributed by atoms with E-state index in [0.717, 1.165) is 39.7 Å². The number of thiophene rings is 1. The zero-order valence-electron chi connectivity index (χ0n) is 12.7. The van der Waals surface area contributed by atoms with E-state index in [0.29, 0.717) is 0 Å². The summed E-state index contributed by atoms with van der Waals surface area (Å²) in [5, 5.41) is 0. The van der Waals surface area contributed by atoms with Gasteiger partial charge in [0.15, 0.2) is 0 Å². The molecule has 0 atom stereocenters. The van der Waals surface area contributed by atoms with Crippen molar-refractivity contribution < 1.29 is 4.39 Å². The number of nitrogens with zero attached hydrogens (tertiary/aromatic N) is 1. The topological polar surface area (TPSA) is 3.24 Å². The predicted molar refractivity (Wildman–Crippen MR) is 92.5 cm³/mol. The van der Waals surface area contributed by atoms with E-state index in [1.165, 1.54) is 22.6 Å². The lowest BCUT2D eigenvalue weighted by Gasteiger charge is -2.28. The Hall–Kier alpha value is -1.06. The van der Waals surface area contributed by atoms with E-state index in [2.05, 4.69) is 18.0 Å². The number of halogens is 2. The molecule has 2 heterocycles. The summed E-state index contributed by atoms with van der Waals surface area (Å²) in [6.45, 7) is 4.61. The Morgan fingerprint density at radius 2 is 2.05 bits per heavy atom. The summed E-state index contributed by atoms with van der Waals surface area (Å²) >= 11 is 7.50. The van der Waals surface area contributed by atoms with Crippen LogP contribution >= 0.6 is 22.9 Å². The summed E-state index contributed by atoms with van der Waals surface area (Å²) in [4.78, 5) is 3.26. The minimum absolute atomic E-state index is 0.439. The Morgan fingerprint density at radius 3 is 2.67 bits per heavy atom. The van der Waals surface area contributed by atoms with Crippen molar-refractivity contribution in [2.45, 2.75) is 33.4 Å². The molecule has 1 aliphatic rings. The van der Waals surface area contributed by atoms with Crippen LogP contribution in [0.3, 0.4) is 0 Å². The minimum Gasteiger partial charge on any atom is -0.374 e. The predicted octanol–water partition coefficient (Wildman–Crippen LogP) is 5.95. The number of aryl methyl sites for hydroxylation is 1. The first-order valence-corrected chi connectivity index (χ1v) is 8.57. The molecule has 0 saturated heterocycles. The van der Waals surface area contributed by atoms with Crippen molar-refractivity contribution in [1.29, 1.82) is 0 Å². The molecule has 0 spiro atoms. The maximum absolute atomic E-state index is 13.3. The Balaban J connectivity index is 0.000000774. The fourth-order valence-electron chi connectivity index (χ4n) is 2.66. The highest BCUT2D eigenvalue weighted by molar-refractivity contribution is 7.19.